The number of esters is 1. The van der Waals surface area contributed by atoms with Gasteiger partial charge in [-0.2, -0.15) is 0 Å². The first-order chi connectivity index (χ1) is 16.9. The van der Waals surface area contributed by atoms with Crippen molar-refractivity contribution in [2.75, 3.05) is 39.0 Å². The number of ether oxygens (including phenoxy) is 4. The molecule has 1 unspecified atom stereocenters. The lowest BCUT2D eigenvalue weighted by Crippen LogP contribution is -2.47. The molecule has 2 heterocycles. The van der Waals surface area contributed by atoms with Crippen molar-refractivity contribution in [1.29, 1.82) is 0 Å². The van der Waals surface area contributed by atoms with E-state index in [0.29, 0.717) is 46.6 Å². The van der Waals surface area contributed by atoms with Crippen molar-refractivity contribution >= 4 is 34.9 Å². The highest BCUT2D eigenvalue weighted by atomic mass is 32.1. The van der Waals surface area contributed by atoms with Crippen molar-refractivity contribution in [3.05, 3.63) is 64.9 Å². The number of hydrogen-bond acceptors (Lipinski definition) is 7. The minimum Gasteiger partial charge on any atom is -0.460 e. The molecule has 2 N–H and O–H groups in total. The van der Waals surface area contributed by atoms with Crippen LogP contribution in [-0.2, 0) is 14.3 Å². The summed E-state index contributed by atoms with van der Waals surface area (Å²) in [7, 11) is 1.55. The number of anilines is 1. The summed E-state index contributed by atoms with van der Waals surface area (Å²) < 4.78 is 21.1. The largest absolute Gasteiger partial charge is 0.460 e. The molecule has 2 aromatic carbocycles. The lowest BCUT2D eigenvalue weighted by molar-refractivity contribution is -0.140. The zero-order valence-electron chi connectivity index (χ0n) is 19.8. The number of carbonyl (C=O) groups excluding carboxylic acids is 2. The third kappa shape index (κ3) is 5.23. The molecular weight excluding hydrogens is 470 g/mol. The molecular formula is C25H27N3O6S. The highest BCUT2D eigenvalue weighted by Gasteiger charge is 2.34. The molecule has 10 heteroatoms. The monoisotopic (exact) mass is 497 g/mol. The highest BCUT2D eigenvalue weighted by molar-refractivity contribution is 7.80. The van der Waals surface area contributed by atoms with Gasteiger partial charge < -0.3 is 34.5 Å². The Balaban J connectivity index is 1.59. The Morgan fingerprint density at radius 3 is 2.74 bits per heavy atom. The van der Waals surface area contributed by atoms with E-state index in [9.17, 15) is 9.59 Å². The van der Waals surface area contributed by atoms with E-state index >= 15 is 0 Å². The van der Waals surface area contributed by atoms with Crippen LogP contribution < -0.4 is 20.1 Å². The minimum absolute atomic E-state index is 0.136. The molecule has 0 aromatic heterocycles. The first kappa shape index (κ1) is 24.5. The lowest BCUT2D eigenvalue weighted by atomic mass is 9.94. The van der Waals surface area contributed by atoms with Crippen LogP contribution in [0.3, 0.4) is 0 Å². The fourth-order valence-electron chi connectivity index (χ4n) is 4.01. The van der Waals surface area contributed by atoms with Gasteiger partial charge >= 0.3 is 5.97 Å². The molecule has 0 saturated carbocycles. The number of nitrogens with one attached hydrogen (secondary N) is 2. The van der Waals surface area contributed by atoms with Gasteiger partial charge in [-0.1, -0.05) is 12.1 Å². The first-order valence-electron chi connectivity index (χ1n) is 11.2. The van der Waals surface area contributed by atoms with E-state index in [1.807, 2.05) is 36.9 Å². The molecule has 184 valence electrons. The maximum atomic E-state index is 13.0. The number of thiocarbonyl (C=S) groups is 1. The average molecular weight is 498 g/mol. The predicted octanol–water partition coefficient (Wildman–Crippen LogP) is 3.38. The van der Waals surface area contributed by atoms with Gasteiger partial charge in [-0.25, -0.2) is 4.79 Å². The third-order valence-electron chi connectivity index (χ3n) is 5.77. The van der Waals surface area contributed by atoms with Gasteiger partial charge in [0, 0.05) is 30.6 Å². The summed E-state index contributed by atoms with van der Waals surface area (Å²) in [5.41, 5.74) is 2.94. The van der Waals surface area contributed by atoms with Gasteiger partial charge in [0.15, 0.2) is 16.6 Å². The Labute approximate surface area is 209 Å². The Kier molecular flexibility index (Phi) is 7.52. The van der Waals surface area contributed by atoms with Crippen molar-refractivity contribution in [2.24, 2.45) is 0 Å². The van der Waals surface area contributed by atoms with Gasteiger partial charge in [0.1, 0.15) is 6.61 Å². The van der Waals surface area contributed by atoms with Crippen LogP contribution in [0, 0.1) is 0 Å². The fourth-order valence-corrected chi connectivity index (χ4v) is 4.39. The topological polar surface area (TPSA) is 98.4 Å². The number of fused-ring (bicyclic) bond motifs is 1. The van der Waals surface area contributed by atoms with Crippen LogP contribution >= 0.6 is 12.2 Å². The summed E-state index contributed by atoms with van der Waals surface area (Å²) in [5.74, 6) is 0.392. The van der Waals surface area contributed by atoms with E-state index < -0.39 is 12.0 Å². The maximum Gasteiger partial charge on any atom is 0.338 e. The molecule has 35 heavy (non-hydrogen) atoms. The van der Waals surface area contributed by atoms with Crippen LogP contribution in [0.1, 0.15) is 35.8 Å². The zero-order valence-corrected chi connectivity index (χ0v) is 20.6. The normalized spacial score (nSPS) is 16.7. The number of hydrogen-bond donors (Lipinski definition) is 2. The van der Waals surface area contributed by atoms with Crippen LogP contribution in [0.2, 0.25) is 0 Å². The smallest absolute Gasteiger partial charge is 0.338 e. The van der Waals surface area contributed by atoms with Gasteiger partial charge in [-0.3, -0.25) is 4.79 Å². The molecule has 9 nitrogen and oxygen atoms in total. The molecule has 0 bridgehead atoms. The number of nitrogens with zero attached hydrogens (tertiary/aromatic N) is 1. The lowest BCUT2D eigenvalue weighted by Gasteiger charge is -2.37. The second kappa shape index (κ2) is 10.7. The zero-order chi connectivity index (χ0) is 24.9. The van der Waals surface area contributed by atoms with E-state index in [0.717, 1.165) is 11.3 Å². The van der Waals surface area contributed by atoms with Gasteiger partial charge in [0.25, 0.3) is 5.91 Å². The molecule has 2 aliphatic rings. The number of benzene rings is 2. The number of carbonyl (C=O) groups is 2. The Morgan fingerprint density at radius 1 is 1.17 bits per heavy atom. The molecule has 0 fully saturated rings. The summed E-state index contributed by atoms with van der Waals surface area (Å²) in [5, 5.41) is 6.66. The van der Waals surface area contributed by atoms with Crippen LogP contribution in [0.5, 0.6) is 11.5 Å². The van der Waals surface area contributed by atoms with Crippen LogP contribution in [0.25, 0.3) is 0 Å². The SMILES string of the molecule is CCN1C(=S)NC(c2cccc(NC(=O)c3ccc4c(c3)OCO4)c2)C(C(=O)OCCOC)=C1C. The van der Waals surface area contributed by atoms with Crippen molar-refractivity contribution in [2.45, 2.75) is 19.9 Å². The number of amides is 1. The Morgan fingerprint density at radius 2 is 1.97 bits per heavy atom. The number of allylic oxidation sites excluding steroid dienone is 1. The Bertz CT molecular complexity index is 1180. The molecule has 0 radical (unpaired) electrons. The second-order valence-corrected chi connectivity index (χ2v) is 8.29. The summed E-state index contributed by atoms with van der Waals surface area (Å²) in [6.07, 6.45) is 0. The summed E-state index contributed by atoms with van der Waals surface area (Å²) >= 11 is 5.55. The highest BCUT2D eigenvalue weighted by Crippen LogP contribution is 2.34. The Hall–Kier alpha value is -3.63. The van der Waals surface area contributed by atoms with E-state index in [1.54, 1.807) is 31.4 Å². The number of methoxy groups -OCH3 is 1. The van der Waals surface area contributed by atoms with E-state index in [2.05, 4.69) is 10.6 Å². The summed E-state index contributed by atoms with van der Waals surface area (Å²) in [6.45, 7) is 4.98. The predicted molar refractivity (Wildman–Crippen MR) is 133 cm³/mol. The second-order valence-electron chi connectivity index (χ2n) is 7.90. The standard InChI is InChI=1S/C25H27N3O6S/c1-4-28-15(2)21(24(30)32-11-10-31-3)22(27-25(28)35)16-6-5-7-18(12-16)26-23(29)17-8-9-19-20(13-17)34-14-33-19/h5-9,12-13,22H,4,10-11,14H2,1-3H3,(H,26,29)(H,27,35). The summed E-state index contributed by atoms with van der Waals surface area (Å²) in [4.78, 5) is 27.8. The third-order valence-corrected chi connectivity index (χ3v) is 6.10. The van der Waals surface area contributed by atoms with Gasteiger partial charge in [-0.15, -0.1) is 0 Å². The van der Waals surface area contributed by atoms with E-state index in [-0.39, 0.29) is 19.3 Å². The minimum atomic E-state index is -0.539. The van der Waals surface area contributed by atoms with E-state index in [1.165, 1.54) is 0 Å². The number of rotatable bonds is 8. The van der Waals surface area contributed by atoms with Gasteiger partial charge in [0.2, 0.25) is 6.79 Å². The fraction of sp³-hybridized carbons (Fsp3) is 0.320. The summed E-state index contributed by atoms with van der Waals surface area (Å²) in [6, 6.07) is 11.7. The van der Waals surface area contributed by atoms with Gasteiger partial charge in [0.05, 0.1) is 18.2 Å². The van der Waals surface area contributed by atoms with Gasteiger partial charge in [-0.05, 0) is 62.0 Å². The van der Waals surface area contributed by atoms with Crippen LogP contribution in [0.15, 0.2) is 53.7 Å². The van der Waals surface area contributed by atoms with Crippen molar-refractivity contribution in [3.8, 4) is 11.5 Å². The molecule has 2 aliphatic heterocycles. The van der Waals surface area contributed by atoms with Crippen molar-refractivity contribution < 1.29 is 28.5 Å². The van der Waals surface area contributed by atoms with E-state index in [4.69, 9.17) is 31.2 Å². The quantitative estimate of drug-likeness (QED) is 0.323. The molecule has 1 atom stereocenters. The molecule has 0 aliphatic carbocycles. The molecule has 4 rings (SSSR count). The van der Waals surface area contributed by atoms with Crippen molar-refractivity contribution in [1.82, 2.24) is 10.2 Å². The van der Waals surface area contributed by atoms with Crippen LogP contribution in [0.4, 0.5) is 5.69 Å². The maximum absolute atomic E-state index is 13.0. The first-order valence-corrected chi connectivity index (χ1v) is 11.6. The molecule has 0 saturated heterocycles. The van der Waals surface area contributed by atoms with Crippen molar-refractivity contribution in [3.63, 3.8) is 0 Å². The molecule has 0 spiro atoms. The van der Waals surface area contributed by atoms with Crippen LogP contribution in [-0.4, -0.2) is 55.6 Å². The molecule has 2 aromatic rings. The average Bonchev–Trinajstić information content (AvgIpc) is 3.32. The molecule has 1 amide bonds.